The standard InChI is InChI=1S/C16H15N5O4S/c1-10-7-8-12(9-15(10)21(24)25)11(2)18-19-16(26)17-13-5-3-4-6-14(13)20(22)23/h3-9H,1-2H3,(H2,17,19,26)/b18-11-. The van der Waals surface area contributed by atoms with Crippen LogP contribution in [0.25, 0.3) is 0 Å². The molecule has 0 heterocycles. The van der Waals surface area contributed by atoms with Crippen LogP contribution >= 0.6 is 12.2 Å². The number of nitrogens with zero attached hydrogens (tertiary/aromatic N) is 3. The molecule has 2 aromatic rings. The fraction of sp³-hybridized carbons (Fsp3) is 0.125. The van der Waals surface area contributed by atoms with Crippen molar-refractivity contribution in [1.82, 2.24) is 5.43 Å². The monoisotopic (exact) mass is 373 g/mol. The highest BCUT2D eigenvalue weighted by Crippen LogP contribution is 2.23. The van der Waals surface area contributed by atoms with E-state index in [2.05, 4.69) is 15.8 Å². The minimum atomic E-state index is -0.523. The number of rotatable bonds is 5. The first-order valence-corrected chi connectivity index (χ1v) is 7.80. The molecule has 26 heavy (non-hydrogen) atoms. The second-order valence-electron chi connectivity index (χ2n) is 5.30. The Labute approximate surface area is 154 Å². The van der Waals surface area contributed by atoms with E-state index in [1.807, 2.05) is 0 Å². The molecular formula is C16H15N5O4S. The van der Waals surface area contributed by atoms with E-state index in [0.717, 1.165) is 0 Å². The van der Waals surface area contributed by atoms with Gasteiger partial charge in [0.05, 0.1) is 15.6 Å². The third kappa shape index (κ3) is 4.57. The lowest BCUT2D eigenvalue weighted by Crippen LogP contribution is -2.25. The second-order valence-corrected chi connectivity index (χ2v) is 5.70. The molecule has 0 aliphatic carbocycles. The normalized spacial score (nSPS) is 10.9. The van der Waals surface area contributed by atoms with Gasteiger partial charge in [-0.2, -0.15) is 5.10 Å². The Morgan fingerprint density at radius 1 is 1.08 bits per heavy atom. The summed E-state index contributed by atoms with van der Waals surface area (Å²) in [4.78, 5) is 21.0. The molecular weight excluding hydrogens is 358 g/mol. The van der Waals surface area contributed by atoms with Gasteiger partial charge in [-0.05, 0) is 32.1 Å². The maximum absolute atomic E-state index is 11.0. The van der Waals surface area contributed by atoms with Crippen LogP contribution in [0.2, 0.25) is 0 Å². The van der Waals surface area contributed by atoms with Crippen molar-refractivity contribution < 1.29 is 9.85 Å². The predicted octanol–water partition coefficient (Wildman–Crippen LogP) is 3.52. The zero-order valence-electron chi connectivity index (χ0n) is 13.9. The molecule has 0 bridgehead atoms. The van der Waals surface area contributed by atoms with E-state index in [9.17, 15) is 20.2 Å². The van der Waals surface area contributed by atoms with Crippen molar-refractivity contribution in [2.75, 3.05) is 5.32 Å². The lowest BCUT2D eigenvalue weighted by molar-refractivity contribution is -0.385. The lowest BCUT2D eigenvalue weighted by Gasteiger charge is -2.08. The van der Waals surface area contributed by atoms with Crippen molar-refractivity contribution in [2.24, 2.45) is 5.10 Å². The Kier molecular flexibility index (Phi) is 5.91. The maximum Gasteiger partial charge on any atom is 0.292 e. The molecule has 10 heteroatoms. The molecule has 0 radical (unpaired) electrons. The van der Waals surface area contributed by atoms with Crippen LogP contribution < -0.4 is 10.7 Å². The SMILES string of the molecule is C/C(=N/NC(=S)Nc1ccccc1[N+](=O)[O-])c1ccc(C)c([N+](=O)[O-])c1. The number of benzene rings is 2. The molecule has 0 fully saturated rings. The summed E-state index contributed by atoms with van der Waals surface area (Å²) in [6.07, 6.45) is 0. The van der Waals surface area contributed by atoms with Gasteiger partial charge >= 0.3 is 0 Å². The van der Waals surface area contributed by atoms with Gasteiger partial charge in [0.2, 0.25) is 0 Å². The van der Waals surface area contributed by atoms with Crippen LogP contribution in [-0.2, 0) is 0 Å². The molecule has 0 aromatic heterocycles. The van der Waals surface area contributed by atoms with Crippen LogP contribution in [-0.4, -0.2) is 20.7 Å². The summed E-state index contributed by atoms with van der Waals surface area (Å²) in [6.45, 7) is 3.31. The molecule has 0 atom stereocenters. The van der Waals surface area contributed by atoms with Crippen LogP contribution in [0.1, 0.15) is 18.1 Å². The van der Waals surface area contributed by atoms with Crippen LogP contribution in [0.4, 0.5) is 17.1 Å². The fourth-order valence-corrected chi connectivity index (χ4v) is 2.27. The van der Waals surface area contributed by atoms with Crippen LogP contribution in [0, 0.1) is 27.2 Å². The zero-order chi connectivity index (χ0) is 19.3. The van der Waals surface area contributed by atoms with Crippen molar-refractivity contribution in [1.29, 1.82) is 0 Å². The summed E-state index contributed by atoms with van der Waals surface area (Å²) in [5, 5.41) is 28.8. The number of nitro groups is 2. The van der Waals surface area contributed by atoms with E-state index in [1.54, 1.807) is 38.1 Å². The zero-order valence-corrected chi connectivity index (χ0v) is 14.7. The molecule has 9 nitrogen and oxygen atoms in total. The number of hydrogen-bond acceptors (Lipinski definition) is 6. The molecule has 0 amide bonds. The lowest BCUT2D eigenvalue weighted by atomic mass is 10.1. The molecule has 0 saturated heterocycles. The van der Waals surface area contributed by atoms with Crippen LogP contribution in [0.3, 0.4) is 0 Å². The summed E-state index contributed by atoms with van der Waals surface area (Å²) in [7, 11) is 0. The number of hydrazone groups is 1. The van der Waals surface area contributed by atoms with E-state index in [4.69, 9.17) is 12.2 Å². The van der Waals surface area contributed by atoms with Gasteiger partial charge in [0.1, 0.15) is 5.69 Å². The highest BCUT2D eigenvalue weighted by Gasteiger charge is 2.14. The number of nitro benzene ring substituents is 2. The Bertz CT molecular complexity index is 913. The molecule has 0 unspecified atom stereocenters. The fourth-order valence-electron chi connectivity index (χ4n) is 2.12. The van der Waals surface area contributed by atoms with E-state index < -0.39 is 9.85 Å². The average molecular weight is 373 g/mol. The van der Waals surface area contributed by atoms with E-state index in [-0.39, 0.29) is 22.2 Å². The average Bonchev–Trinajstić information content (AvgIpc) is 2.60. The summed E-state index contributed by atoms with van der Waals surface area (Å²) in [6, 6.07) is 10.8. The molecule has 0 spiro atoms. The smallest absolute Gasteiger partial charge is 0.292 e. The van der Waals surface area contributed by atoms with E-state index >= 15 is 0 Å². The second kappa shape index (κ2) is 8.12. The summed E-state index contributed by atoms with van der Waals surface area (Å²) >= 11 is 5.08. The third-order valence-corrected chi connectivity index (χ3v) is 3.69. The highest BCUT2D eigenvalue weighted by molar-refractivity contribution is 7.80. The predicted molar refractivity (Wildman–Crippen MR) is 102 cm³/mol. The van der Waals surface area contributed by atoms with E-state index in [1.165, 1.54) is 18.2 Å². The number of nitrogens with one attached hydrogen (secondary N) is 2. The van der Waals surface area contributed by atoms with Crippen LogP contribution in [0.15, 0.2) is 47.6 Å². The number of aryl methyl sites for hydroxylation is 1. The number of anilines is 1. The Balaban J connectivity index is 2.12. The van der Waals surface area contributed by atoms with Gasteiger partial charge in [-0.25, -0.2) is 0 Å². The first-order chi connectivity index (χ1) is 12.3. The minimum absolute atomic E-state index is 0.00216. The molecule has 2 rings (SSSR count). The van der Waals surface area contributed by atoms with Gasteiger partial charge in [-0.1, -0.05) is 24.3 Å². The topological polar surface area (TPSA) is 123 Å². The number of thiocarbonyl (C=S) groups is 1. The first-order valence-electron chi connectivity index (χ1n) is 7.39. The Hall–Kier alpha value is -3.40. The van der Waals surface area contributed by atoms with Crippen molar-refractivity contribution in [2.45, 2.75) is 13.8 Å². The van der Waals surface area contributed by atoms with Gasteiger partial charge in [0, 0.05) is 23.3 Å². The minimum Gasteiger partial charge on any atom is -0.326 e. The van der Waals surface area contributed by atoms with Gasteiger partial charge in [-0.3, -0.25) is 25.7 Å². The van der Waals surface area contributed by atoms with Gasteiger partial charge in [0.25, 0.3) is 11.4 Å². The largest absolute Gasteiger partial charge is 0.326 e. The highest BCUT2D eigenvalue weighted by atomic mass is 32.1. The van der Waals surface area contributed by atoms with Crippen molar-refractivity contribution in [3.05, 3.63) is 73.8 Å². The number of para-hydroxylation sites is 2. The summed E-state index contributed by atoms with van der Waals surface area (Å²) in [5.41, 5.74) is 4.26. The molecule has 0 aliphatic rings. The summed E-state index contributed by atoms with van der Waals surface area (Å²) in [5.74, 6) is 0. The van der Waals surface area contributed by atoms with Gasteiger partial charge in [-0.15, -0.1) is 0 Å². The van der Waals surface area contributed by atoms with Crippen LogP contribution in [0.5, 0.6) is 0 Å². The Morgan fingerprint density at radius 3 is 2.38 bits per heavy atom. The molecule has 134 valence electrons. The molecule has 2 aromatic carbocycles. The number of hydrogen-bond donors (Lipinski definition) is 2. The Morgan fingerprint density at radius 2 is 1.73 bits per heavy atom. The summed E-state index contributed by atoms with van der Waals surface area (Å²) < 4.78 is 0. The van der Waals surface area contributed by atoms with Gasteiger partial charge in [0.15, 0.2) is 5.11 Å². The quantitative estimate of drug-likeness (QED) is 0.356. The maximum atomic E-state index is 11.0. The molecule has 2 N–H and O–H groups in total. The van der Waals surface area contributed by atoms with Gasteiger partial charge < -0.3 is 5.32 Å². The third-order valence-electron chi connectivity index (χ3n) is 3.50. The molecule has 0 aliphatic heterocycles. The van der Waals surface area contributed by atoms with Crippen molar-refractivity contribution in [3.8, 4) is 0 Å². The molecule has 0 saturated carbocycles. The van der Waals surface area contributed by atoms with Crippen molar-refractivity contribution in [3.63, 3.8) is 0 Å². The van der Waals surface area contributed by atoms with E-state index in [0.29, 0.717) is 16.8 Å². The first kappa shape index (κ1) is 18.9. The van der Waals surface area contributed by atoms with Crippen molar-refractivity contribution >= 4 is 40.1 Å².